The molecular weight excluding hydrogens is 410 g/mol. The fourth-order valence-electron chi connectivity index (χ4n) is 6.00. The van der Waals surface area contributed by atoms with E-state index in [1.165, 1.54) is 13.8 Å². The van der Waals surface area contributed by atoms with Crippen molar-refractivity contribution in [2.45, 2.75) is 66.0 Å². The lowest BCUT2D eigenvalue weighted by atomic mass is 9.52. The molecule has 0 spiro atoms. The van der Waals surface area contributed by atoms with E-state index in [0.717, 1.165) is 24.8 Å². The summed E-state index contributed by atoms with van der Waals surface area (Å²) in [7, 11) is 0. The third-order valence-electron chi connectivity index (χ3n) is 7.57. The van der Waals surface area contributed by atoms with Gasteiger partial charge in [0.2, 0.25) is 0 Å². The molecule has 7 nitrogen and oxygen atoms in total. The van der Waals surface area contributed by atoms with Gasteiger partial charge in [-0.25, -0.2) is 0 Å². The van der Waals surface area contributed by atoms with Crippen LogP contribution >= 0.6 is 0 Å². The molecule has 3 N–H and O–H groups in total. The van der Waals surface area contributed by atoms with Crippen molar-refractivity contribution in [3.05, 3.63) is 35.1 Å². The summed E-state index contributed by atoms with van der Waals surface area (Å²) >= 11 is 0. The zero-order chi connectivity index (χ0) is 23.8. The summed E-state index contributed by atoms with van der Waals surface area (Å²) in [5, 5.41) is 24.0. The first-order valence-electron chi connectivity index (χ1n) is 11.4. The van der Waals surface area contributed by atoms with Crippen LogP contribution in [0.15, 0.2) is 35.1 Å². The van der Waals surface area contributed by atoms with Crippen molar-refractivity contribution >= 4 is 17.7 Å². The summed E-state index contributed by atoms with van der Waals surface area (Å²) < 4.78 is 5.24. The van der Waals surface area contributed by atoms with Crippen molar-refractivity contribution in [2.75, 3.05) is 6.61 Å². The van der Waals surface area contributed by atoms with Gasteiger partial charge in [0.05, 0.1) is 12.7 Å². The Kier molecular flexibility index (Phi) is 6.98. The van der Waals surface area contributed by atoms with Crippen molar-refractivity contribution in [1.82, 2.24) is 5.32 Å². The van der Waals surface area contributed by atoms with Crippen LogP contribution in [-0.4, -0.2) is 46.6 Å². The number of aliphatic hydroxyl groups excluding tert-OH is 2. The Morgan fingerprint density at radius 3 is 2.62 bits per heavy atom. The third kappa shape index (κ3) is 4.15. The minimum atomic E-state index is -1.05. The number of ether oxygens (including phenoxy) is 1. The molecule has 3 rings (SSSR count). The van der Waals surface area contributed by atoms with E-state index in [1.54, 1.807) is 0 Å². The van der Waals surface area contributed by atoms with Gasteiger partial charge >= 0.3 is 5.97 Å². The molecule has 1 saturated carbocycles. The van der Waals surface area contributed by atoms with Crippen molar-refractivity contribution < 1.29 is 29.3 Å². The predicted molar refractivity (Wildman–Crippen MR) is 119 cm³/mol. The van der Waals surface area contributed by atoms with Gasteiger partial charge in [-0.15, -0.1) is 0 Å². The van der Waals surface area contributed by atoms with Gasteiger partial charge in [0.15, 0.2) is 5.78 Å². The highest BCUT2D eigenvalue weighted by molar-refractivity contribution is 6.27. The summed E-state index contributed by atoms with van der Waals surface area (Å²) in [5.74, 6) is -1.46. The van der Waals surface area contributed by atoms with E-state index in [-0.39, 0.29) is 41.0 Å². The molecule has 1 heterocycles. The van der Waals surface area contributed by atoms with Gasteiger partial charge < -0.3 is 20.3 Å². The van der Waals surface area contributed by atoms with Crippen LogP contribution in [0.5, 0.6) is 0 Å². The molecule has 7 unspecified atom stereocenters. The molecule has 0 aromatic rings. The Morgan fingerprint density at radius 2 is 2.06 bits per heavy atom. The van der Waals surface area contributed by atoms with Crippen molar-refractivity contribution in [3.63, 3.8) is 0 Å². The Morgan fingerprint density at radius 1 is 1.38 bits per heavy atom. The summed E-state index contributed by atoms with van der Waals surface area (Å²) in [6.07, 6.45) is 7.56. The second-order valence-corrected chi connectivity index (χ2v) is 9.73. The number of carbonyl (C=O) groups is 3. The number of Topliss-reactive ketones (excluding diaryl/α,β-unsaturated/α-hetero) is 1. The van der Waals surface area contributed by atoms with Crippen LogP contribution < -0.4 is 5.32 Å². The van der Waals surface area contributed by atoms with Gasteiger partial charge in [-0.05, 0) is 57.8 Å². The second kappa shape index (κ2) is 9.22. The number of rotatable bonds is 5. The lowest BCUT2D eigenvalue weighted by molar-refractivity contribution is -0.143. The van der Waals surface area contributed by atoms with Crippen LogP contribution in [0.3, 0.4) is 0 Å². The summed E-state index contributed by atoms with van der Waals surface area (Å²) in [6.45, 7) is 9.10. The van der Waals surface area contributed by atoms with Crippen LogP contribution in [0.2, 0.25) is 0 Å². The van der Waals surface area contributed by atoms with Gasteiger partial charge in [-0.2, -0.15) is 0 Å². The lowest BCUT2D eigenvalue weighted by Crippen LogP contribution is -2.47. The van der Waals surface area contributed by atoms with E-state index < -0.39 is 29.3 Å². The highest BCUT2D eigenvalue weighted by atomic mass is 16.5. The quantitative estimate of drug-likeness (QED) is 0.197. The number of hydrogen-bond acceptors (Lipinski definition) is 6. The Labute approximate surface area is 189 Å². The SMILES string of the molecule is CC=CC1C(C)=CC2CC(COC(C)=O)CCC2C1(C)C(O)=C1C(=O)NC(C(C)O)C1=O. The fourth-order valence-corrected chi connectivity index (χ4v) is 6.00. The molecule has 2 fully saturated rings. The Hall–Kier alpha value is -2.41. The number of amides is 1. The number of allylic oxidation sites excluding steroid dienone is 5. The topological polar surface area (TPSA) is 113 Å². The van der Waals surface area contributed by atoms with E-state index in [0.29, 0.717) is 6.61 Å². The van der Waals surface area contributed by atoms with E-state index in [4.69, 9.17) is 4.74 Å². The smallest absolute Gasteiger partial charge is 0.302 e. The third-order valence-corrected chi connectivity index (χ3v) is 7.57. The standard InChI is InChI=1S/C25H35NO6/c1-6-7-18-13(2)10-17-11-16(12-32-15(4)28)8-9-19(17)25(18,5)23(30)20-22(29)21(14(3)27)26-24(20)31/h6-7,10,14,16-19,21,27,30H,8-9,11-12H2,1-5H3,(H,26,31). The van der Waals surface area contributed by atoms with Crippen molar-refractivity contribution in [3.8, 4) is 0 Å². The number of hydrogen-bond donors (Lipinski definition) is 3. The number of ketones is 1. The average molecular weight is 446 g/mol. The van der Waals surface area contributed by atoms with Gasteiger partial charge in [0, 0.05) is 18.3 Å². The molecule has 2 aliphatic carbocycles. The molecule has 1 aliphatic heterocycles. The zero-order valence-electron chi connectivity index (χ0n) is 19.6. The predicted octanol–water partition coefficient (Wildman–Crippen LogP) is 3.00. The Bertz CT molecular complexity index is 885. The fraction of sp³-hybridized carbons (Fsp3) is 0.640. The summed E-state index contributed by atoms with van der Waals surface area (Å²) in [6, 6.07) is -1.04. The maximum Gasteiger partial charge on any atom is 0.302 e. The van der Waals surface area contributed by atoms with E-state index in [9.17, 15) is 24.6 Å². The summed E-state index contributed by atoms with van der Waals surface area (Å²) in [5.41, 5.74) is -0.00772. The molecule has 7 atom stereocenters. The van der Waals surface area contributed by atoms with E-state index >= 15 is 0 Å². The molecule has 32 heavy (non-hydrogen) atoms. The second-order valence-electron chi connectivity index (χ2n) is 9.73. The number of carbonyl (C=O) groups excluding carboxylic acids is 3. The van der Waals surface area contributed by atoms with Crippen LogP contribution in [0.4, 0.5) is 0 Å². The normalized spacial score (nSPS) is 37.6. The van der Waals surface area contributed by atoms with Crippen molar-refractivity contribution in [1.29, 1.82) is 0 Å². The molecule has 3 aliphatic rings. The maximum atomic E-state index is 12.9. The van der Waals surface area contributed by atoms with Crippen LogP contribution in [0, 0.1) is 29.1 Å². The first kappa shape index (κ1) is 24.2. The Balaban J connectivity index is 2.04. The first-order valence-corrected chi connectivity index (χ1v) is 11.4. The van der Waals surface area contributed by atoms with Gasteiger partial charge in [0.1, 0.15) is 17.4 Å². The average Bonchev–Trinajstić information content (AvgIpc) is 3.03. The van der Waals surface area contributed by atoms with Crippen LogP contribution in [0.25, 0.3) is 0 Å². The highest BCUT2D eigenvalue weighted by Gasteiger charge is 2.54. The maximum absolute atomic E-state index is 12.9. The molecule has 0 bridgehead atoms. The first-order chi connectivity index (χ1) is 15.0. The minimum Gasteiger partial charge on any atom is -0.511 e. The molecule has 0 aromatic carbocycles. The number of esters is 1. The largest absolute Gasteiger partial charge is 0.511 e. The molecule has 7 heteroatoms. The minimum absolute atomic E-state index is 0.0136. The number of fused-ring (bicyclic) bond motifs is 1. The van der Waals surface area contributed by atoms with Crippen LogP contribution in [0.1, 0.15) is 53.9 Å². The van der Waals surface area contributed by atoms with Crippen molar-refractivity contribution in [2.24, 2.45) is 29.1 Å². The molecule has 1 saturated heterocycles. The monoisotopic (exact) mass is 445 g/mol. The molecular formula is C25H35NO6. The van der Waals surface area contributed by atoms with Crippen LogP contribution in [-0.2, 0) is 19.1 Å². The van der Waals surface area contributed by atoms with Gasteiger partial charge in [0.25, 0.3) is 5.91 Å². The van der Waals surface area contributed by atoms with Gasteiger partial charge in [-0.1, -0.05) is 30.7 Å². The molecule has 0 radical (unpaired) electrons. The van der Waals surface area contributed by atoms with E-state index in [2.05, 4.69) is 11.4 Å². The van der Waals surface area contributed by atoms with E-state index in [1.807, 2.05) is 32.9 Å². The highest BCUT2D eigenvalue weighted by Crippen LogP contribution is 2.58. The molecule has 1 amide bonds. The molecule has 176 valence electrons. The summed E-state index contributed by atoms with van der Waals surface area (Å²) in [4.78, 5) is 36.9. The zero-order valence-corrected chi connectivity index (χ0v) is 19.6. The molecule has 0 aromatic heterocycles. The number of aliphatic hydroxyl groups is 2. The number of nitrogens with one attached hydrogen (secondary N) is 1. The lowest BCUT2D eigenvalue weighted by Gasteiger charge is -2.52. The van der Waals surface area contributed by atoms with Gasteiger partial charge in [-0.3, -0.25) is 14.4 Å².